The fraction of sp³-hybridized carbons (Fsp3) is 0.364. The predicted octanol–water partition coefficient (Wildman–Crippen LogP) is 4.49. The van der Waals surface area contributed by atoms with Crippen molar-refractivity contribution >= 4 is 17.4 Å². The van der Waals surface area contributed by atoms with Crippen LogP contribution in [-0.2, 0) is 4.84 Å². The van der Waals surface area contributed by atoms with Crippen molar-refractivity contribution in [1.29, 1.82) is 0 Å². The zero-order valence-electron chi connectivity index (χ0n) is 15.9. The lowest BCUT2D eigenvalue weighted by atomic mass is 9.85. The number of para-hydroxylation sites is 1. The number of carbonyl (C=O) groups is 1. The van der Waals surface area contributed by atoms with Gasteiger partial charge in [-0.1, -0.05) is 53.2 Å². The van der Waals surface area contributed by atoms with Crippen LogP contribution in [0.15, 0.2) is 53.7 Å². The van der Waals surface area contributed by atoms with Gasteiger partial charge in [0.1, 0.15) is 5.60 Å². The molecule has 0 aliphatic carbocycles. The SMILES string of the molecule is Cc1ccc(C2=NOC3(CCN(C(=O)Nc4ccccc4C)CC3)C2)cc1. The summed E-state index contributed by atoms with van der Waals surface area (Å²) in [5.41, 5.74) is 5.03. The van der Waals surface area contributed by atoms with E-state index in [4.69, 9.17) is 4.84 Å². The lowest BCUT2D eigenvalue weighted by molar-refractivity contribution is -0.0544. The zero-order chi connectivity index (χ0) is 18.9. The van der Waals surface area contributed by atoms with E-state index in [-0.39, 0.29) is 11.6 Å². The van der Waals surface area contributed by atoms with Gasteiger partial charge in [0.05, 0.1) is 5.71 Å². The van der Waals surface area contributed by atoms with Crippen molar-refractivity contribution in [2.45, 2.75) is 38.7 Å². The molecular formula is C22H25N3O2. The molecule has 0 radical (unpaired) electrons. The largest absolute Gasteiger partial charge is 0.388 e. The van der Waals surface area contributed by atoms with Crippen molar-refractivity contribution in [1.82, 2.24) is 4.90 Å². The molecule has 140 valence electrons. The van der Waals surface area contributed by atoms with Crippen LogP contribution in [0.2, 0.25) is 0 Å². The number of amides is 2. The second-order valence-electron chi connectivity index (χ2n) is 7.59. The summed E-state index contributed by atoms with van der Waals surface area (Å²) in [6, 6.07) is 16.2. The summed E-state index contributed by atoms with van der Waals surface area (Å²) in [7, 11) is 0. The number of carbonyl (C=O) groups excluding carboxylic acids is 1. The molecule has 2 aliphatic heterocycles. The fourth-order valence-corrected chi connectivity index (χ4v) is 3.72. The number of urea groups is 1. The molecular weight excluding hydrogens is 338 g/mol. The van der Waals surface area contributed by atoms with E-state index in [0.29, 0.717) is 13.1 Å². The number of oxime groups is 1. The van der Waals surface area contributed by atoms with Crippen LogP contribution in [0, 0.1) is 13.8 Å². The Morgan fingerprint density at radius 3 is 2.48 bits per heavy atom. The minimum Gasteiger partial charge on any atom is -0.388 e. The monoisotopic (exact) mass is 363 g/mol. The van der Waals surface area contributed by atoms with Gasteiger partial charge < -0.3 is 15.1 Å². The molecule has 2 aromatic carbocycles. The first kappa shape index (κ1) is 17.6. The summed E-state index contributed by atoms with van der Waals surface area (Å²) in [6.07, 6.45) is 2.41. The fourth-order valence-electron chi connectivity index (χ4n) is 3.72. The Morgan fingerprint density at radius 2 is 1.78 bits per heavy atom. The Bertz CT molecular complexity index is 865. The van der Waals surface area contributed by atoms with E-state index in [1.807, 2.05) is 36.1 Å². The van der Waals surface area contributed by atoms with Crippen LogP contribution in [-0.4, -0.2) is 35.3 Å². The summed E-state index contributed by atoms with van der Waals surface area (Å²) in [5, 5.41) is 7.38. The maximum absolute atomic E-state index is 12.6. The molecule has 2 amide bonds. The van der Waals surface area contributed by atoms with E-state index in [2.05, 4.69) is 41.7 Å². The van der Waals surface area contributed by atoms with Crippen LogP contribution in [0.25, 0.3) is 0 Å². The molecule has 5 nitrogen and oxygen atoms in total. The van der Waals surface area contributed by atoms with Crippen LogP contribution < -0.4 is 5.32 Å². The number of hydrogen-bond donors (Lipinski definition) is 1. The van der Waals surface area contributed by atoms with Gasteiger partial charge in [-0.3, -0.25) is 0 Å². The van der Waals surface area contributed by atoms with Crippen LogP contribution in [0.1, 0.15) is 36.0 Å². The number of piperidine rings is 1. The van der Waals surface area contributed by atoms with Crippen LogP contribution in [0.5, 0.6) is 0 Å². The lowest BCUT2D eigenvalue weighted by Gasteiger charge is -2.37. The second-order valence-corrected chi connectivity index (χ2v) is 7.59. The topological polar surface area (TPSA) is 53.9 Å². The number of anilines is 1. The molecule has 27 heavy (non-hydrogen) atoms. The molecule has 0 saturated carbocycles. The highest BCUT2D eigenvalue weighted by Crippen LogP contribution is 2.36. The quantitative estimate of drug-likeness (QED) is 0.854. The molecule has 2 aromatic rings. The van der Waals surface area contributed by atoms with Gasteiger partial charge in [0.2, 0.25) is 0 Å². The highest BCUT2D eigenvalue weighted by molar-refractivity contribution is 6.01. The number of hydrogen-bond acceptors (Lipinski definition) is 3. The summed E-state index contributed by atoms with van der Waals surface area (Å²) in [6.45, 7) is 5.43. The van der Waals surface area contributed by atoms with Crippen LogP contribution in [0.3, 0.4) is 0 Å². The molecule has 4 rings (SSSR count). The zero-order valence-corrected chi connectivity index (χ0v) is 15.9. The van der Waals surface area contributed by atoms with Gasteiger partial charge in [0.25, 0.3) is 0 Å². The minimum absolute atomic E-state index is 0.0446. The Labute approximate surface area is 160 Å². The number of benzene rings is 2. The average molecular weight is 363 g/mol. The molecule has 2 heterocycles. The molecule has 5 heteroatoms. The van der Waals surface area contributed by atoms with E-state index >= 15 is 0 Å². The van der Waals surface area contributed by atoms with E-state index < -0.39 is 0 Å². The molecule has 1 fully saturated rings. The third kappa shape index (κ3) is 3.68. The van der Waals surface area contributed by atoms with Crippen molar-refractivity contribution in [2.75, 3.05) is 18.4 Å². The first-order valence-corrected chi connectivity index (χ1v) is 9.48. The normalized spacial score (nSPS) is 18.1. The molecule has 0 bridgehead atoms. The van der Waals surface area contributed by atoms with Gasteiger partial charge in [0, 0.05) is 38.0 Å². The molecule has 1 N–H and O–H groups in total. The summed E-state index contributed by atoms with van der Waals surface area (Å²) >= 11 is 0. The second kappa shape index (κ2) is 7.06. The number of rotatable bonds is 2. The van der Waals surface area contributed by atoms with E-state index in [0.717, 1.165) is 41.8 Å². The number of nitrogens with one attached hydrogen (secondary N) is 1. The van der Waals surface area contributed by atoms with Gasteiger partial charge in [-0.2, -0.15) is 0 Å². The van der Waals surface area contributed by atoms with Crippen molar-refractivity contribution in [3.8, 4) is 0 Å². The Morgan fingerprint density at radius 1 is 1.07 bits per heavy atom. The van der Waals surface area contributed by atoms with Gasteiger partial charge in [-0.15, -0.1) is 0 Å². The number of likely N-dealkylation sites (tertiary alicyclic amines) is 1. The van der Waals surface area contributed by atoms with E-state index in [1.165, 1.54) is 5.56 Å². The average Bonchev–Trinajstić information content (AvgIpc) is 3.08. The van der Waals surface area contributed by atoms with Gasteiger partial charge in [-0.05, 0) is 31.0 Å². The smallest absolute Gasteiger partial charge is 0.321 e. The molecule has 0 aromatic heterocycles. The van der Waals surface area contributed by atoms with Crippen LogP contribution >= 0.6 is 0 Å². The third-order valence-corrected chi connectivity index (χ3v) is 5.57. The summed E-state index contributed by atoms with van der Waals surface area (Å²) < 4.78 is 0. The number of nitrogens with zero attached hydrogens (tertiary/aromatic N) is 2. The van der Waals surface area contributed by atoms with E-state index in [9.17, 15) is 4.79 Å². The molecule has 1 spiro atoms. The van der Waals surface area contributed by atoms with Crippen molar-refractivity contribution in [2.24, 2.45) is 5.16 Å². The van der Waals surface area contributed by atoms with Crippen LogP contribution in [0.4, 0.5) is 10.5 Å². The predicted molar refractivity (Wildman–Crippen MR) is 107 cm³/mol. The van der Waals surface area contributed by atoms with E-state index in [1.54, 1.807) is 0 Å². The standard InChI is InChI=1S/C22H25N3O2/c1-16-7-9-18(10-8-16)20-15-22(27-24-20)11-13-25(14-12-22)21(26)23-19-6-4-3-5-17(19)2/h3-10H,11-15H2,1-2H3,(H,23,26). The van der Waals surface area contributed by atoms with Crippen molar-refractivity contribution in [3.63, 3.8) is 0 Å². The molecule has 2 aliphatic rings. The molecule has 0 unspecified atom stereocenters. The molecule has 0 atom stereocenters. The third-order valence-electron chi connectivity index (χ3n) is 5.57. The first-order chi connectivity index (χ1) is 13.0. The highest BCUT2D eigenvalue weighted by atomic mass is 16.7. The minimum atomic E-state index is -0.264. The van der Waals surface area contributed by atoms with Gasteiger partial charge in [-0.25, -0.2) is 4.79 Å². The van der Waals surface area contributed by atoms with Gasteiger partial charge >= 0.3 is 6.03 Å². The maximum Gasteiger partial charge on any atom is 0.321 e. The Hall–Kier alpha value is -2.82. The number of aryl methyl sites for hydroxylation is 2. The molecule has 1 saturated heterocycles. The highest BCUT2D eigenvalue weighted by Gasteiger charge is 2.43. The summed E-state index contributed by atoms with van der Waals surface area (Å²) in [4.78, 5) is 20.3. The maximum atomic E-state index is 12.6. The Balaban J connectivity index is 1.35. The van der Waals surface area contributed by atoms with Crippen molar-refractivity contribution in [3.05, 3.63) is 65.2 Å². The first-order valence-electron chi connectivity index (χ1n) is 9.48. The van der Waals surface area contributed by atoms with Gasteiger partial charge in [0.15, 0.2) is 0 Å². The Kier molecular flexibility index (Phi) is 4.60. The van der Waals surface area contributed by atoms with Crippen molar-refractivity contribution < 1.29 is 9.63 Å². The summed E-state index contributed by atoms with van der Waals surface area (Å²) in [5.74, 6) is 0. The lowest BCUT2D eigenvalue weighted by Crippen LogP contribution is -2.48.